The van der Waals surface area contributed by atoms with Crippen molar-refractivity contribution in [2.75, 3.05) is 23.4 Å². The molecule has 0 aliphatic carbocycles. The van der Waals surface area contributed by atoms with Crippen LogP contribution < -0.4 is 16.2 Å². The van der Waals surface area contributed by atoms with Crippen LogP contribution in [0, 0.1) is 22.7 Å². The summed E-state index contributed by atoms with van der Waals surface area (Å²) in [5.74, 6) is 5.99. The Labute approximate surface area is 86.7 Å². The Kier molecular flexibility index (Phi) is 3.83. The molecule has 1 aromatic heterocycles. The van der Waals surface area contributed by atoms with Gasteiger partial charge in [0.2, 0.25) is 0 Å². The molecule has 0 amide bonds. The zero-order valence-electron chi connectivity index (χ0n) is 7.88. The second-order valence-corrected chi connectivity index (χ2v) is 2.58. The van der Waals surface area contributed by atoms with Gasteiger partial charge in [0.25, 0.3) is 0 Å². The van der Waals surface area contributed by atoms with E-state index in [1.165, 1.54) is 17.3 Å². The maximum Gasteiger partial charge on any atom is 0.160 e. The van der Waals surface area contributed by atoms with Gasteiger partial charge in [-0.3, -0.25) is 4.98 Å². The number of hydrogen-bond acceptors (Lipinski definition) is 7. The molecule has 7 nitrogen and oxygen atoms in total. The minimum atomic E-state index is 0.0796. The molecule has 0 aliphatic heterocycles. The lowest BCUT2D eigenvalue weighted by Gasteiger charge is -2.16. The molecule has 15 heavy (non-hydrogen) atoms. The third kappa shape index (κ3) is 2.79. The van der Waals surface area contributed by atoms with Gasteiger partial charge in [0.05, 0.1) is 24.5 Å². The smallest absolute Gasteiger partial charge is 0.160 e. The Morgan fingerprint density at radius 2 is 2.00 bits per heavy atom. The highest BCUT2D eigenvalue weighted by atomic mass is 15.3. The summed E-state index contributed by atoms with van der Waals surface area (Å²) in [6, 6.07) is 3.89. The van der Waals surface area contributed by atoms with Gasteiger partial charge >= 0.3 is 0 Å². The van der Waals surface area contributed by atoms with E-state index < -0.39 is 0 Å². The molecular weight excluding hydrogens is 194 g/mol. The molecule has 0 fully saturated rings. The summed E-state index contributed by atoms with van der Waals surface area (Å²) in [6.45, 7) is 0.159. The molecule has 1 heterocycles. The number of nitrogens with two attached hydrogens (primary N) is 1. The zero-order chi connectivity index (χ0) is 11.1. The van der Waals surface area contributed by atoms with Crippen LogP contribution in [0.3, 0.4) is 0 Å². The van der Waals surface area contributed by atoms with Crippen molar-refractivity contribution in [2.45, 2.75) is 0 Å². The number of nitrogens with zero attached hydrogens (tertiary/aromatic N) is 5. The van der Waals surface area contributed by atoms with E-state index in [9.17, 15) is 0 Å². The molecule has 0 atom stereocenters. The Hall–Kier alpha value is -2.38. The highest BCUT2D eigenvalue weighted by Crippen LogP contribution is 2.10. The monoisotopic (exact) mass is 203 g/mol. The van der Waals surface area contributed by atoms with Crippen molar-refractivity contribution in [1.29, 1.82) is 10.5 Å². The van der Waals surface area contributed by atoms with E-state index >= 15 is 0 Å². The Bertz CT molecular complexity index is 386. The third-order valence-corrected chi connectivity index (χ3v) is 1.62. The first-order chi connectivity index (χ1) is 7.31. The van der Waals surface area contributed by atoms with Gasteiger partial charge in [-0.05, 0) is 0 Å². The number of hydrogen-bond donors (Lipinski definition) is 2. The minimum absolute atomic E-state index is 0.0796. The van der Waals surface area contributed by atoms with Gasteiger partial charge in [-0.2, -0.15) is 10.5 Å². The van der Waals surface area contributed by atoms with E-state index in [2.05, 4.69) is 15.4 Å². The fraction of sp³-hybridized carbons (Fsp3) is 0.250. The van der Waals surface area contributed by atoms with Crippen LogP contribution in [-0.4, -0.2) is 23.1 Å². The molecule has 0 bridgehead atoms. The lowest BCUT2D eigenvalue weighted by molar-refractivity contribution is 0.924. The van der Waals surface area contributed by atoms with Crippen LogP contribution in [0.5, 0.6) is 0 Å². The Balaban J connectivity index is 2.91. The summed E-state index contributed by atoms with van der Waals surface area (Å²) in [5, 5.41) is 17.1. The molecule has 0 radical (unpaired) electrons. The molecule has 0 aliphatic rings. The summed E-state index contributed by atoms with van der Waals surface area (Å²) in [5.41, 5.74) is 2.34. The lowest BCUT2D eigenvalue weighted by Crippen LogP contribution is -2.25. The molecule has 7 heteroatoms. The van der Waals surface area contributed by atoms with Crippen LogP contribution in [-0.2, 0) is 0 Å². The molecule has 0 spiro atoms. The summed E-state index contributed by atoms with van der Waals surface area (Å²) >= 11 is 0. The number of nitriles is 2. The molecule has 0 aromatic carbocycles. The maximum atomic E-state index is 8.56. The van der Waals surface area contributed by atoms with E-state index in [0.29, 0.717) is 11.6 Å². The van der Waals surface area contributed by atoms with E-state index in [4.69, 9.17) is 16.4 Å². The quantitative estimate of drug-likeness (QED) is 0.389. The Morgan fingerprint density at radius 3 is 2.53 bits per heavy atom. The summed E-state index contributed by atoms with van der Waals surface area (Å²) in [7, 11) is 0. The lowest BCUT2D eigenvalue weighted by atomic mass is 10.4. The van der Waals surface area contributed by atoms with Crippen molar-refractivity contribution in [3.8, 4) is 12.1 Å². The van der Waals surface area contributed by atoms with Crippen LogP contribution in [0.25, 0.3) is 0 Å². The van der Waals surface area contributed by atoms with Crippen LogP contribution in [0.4, 0.5) is 11.6 Å². The zero-order valence-corrected chi connectivity index (χ0v) is 7.88. The van der Waals surface area contributed by atoms with Gasteiger partial charge < -0.3 is 10.3 Å². The predicted molar refractivity (Wildman–Crippen MR) is 53.3 cm³/mol. The highest BCUT2D eigenvalue weighted by Gasteiger charge is 2.07. The fourth-order valence-corrected chi connectivity index (χ4v) is 0.966. The normalized spacial score (nSPS) is 8.73. The minimum Gasteiger partial charge on any atom is -0.329 e. The molecule has 1 aromatic rings. The van der Waals surface area contributed by atoms with Crippen LogP contribution in [0.1, 0.15) is 0 Å². The van der Waals surface area contributed by atoms with Crippen molar-refractivity contribution in [3.63, 3.8) is 0 Å². The molecule has 0 saturated heterocycles. The number of anilines is 2. The standard InChI is InChI=1S/C8H9N7/c9-1-3-15(4-2-10)8-6-12-5-7(13-8)14-11/h5-6H,3-4,11H2,(H,13,14). The van der Waals surface area contributed by atoms with Gasteiger partial charge in [0.1, 0.15) is 13.1 Å². The van der Waals surface area contributed by atoms with Crippen LogP contribution >= 0.6 is 0 Å². The maximum absolute atomic E-state index is 8.56. The van der Waals surface area contributed by atoms with Gasteiger partial charge in [0, 0.05) is 0 Å². The largest absolute Gasteiger partial charge is 0.329 e. The van der Waals surface area contributed by atoms with Gasteiger partial charge in [-0.15, -0.1) is 0 Å². The highest BCUT2D eigenvalue weighted by molar-refractivity contribution is 5.44. The molecule has 76 valence electrons. The summed E-state index contributed by atoms with van der Waals surface area (Å²) < 4.78 is 0. The first kappa shape index (κ1) is 10.7. The van der Waals surface area contributed by atoms with E-state index in [1.807, 2.05) is 12.1 Å². The number of nitrogens with one attached hydrogen (secondary N) is 1. The molecular formula is C8H9N7. The number of hydrazine groups is 1. The van der Waals surface area contributed by atoms with E-state index in [0.717, 1.165) is 0 Å². The Morgan fingerprint density at radius 1 is 1.33 bits per heavy atom. The van der Waals surface area contributed by atoms with Crippen LogP contribution in [0.15, 0.2) is 12.4 Å². The molecule has 0 saturated carbocycles. The first-order valence-electron chi connectivity index (χ1n) is 4.09. The second kappa shape index (κ2) is 5.37. The van der Waals surface area contributed by atoms with Crippen molar-refractivity contribution in [1.82, 2.24) is 9.97 Å². The number of nitrogen functional groups attached to an aromatic ring is 1. The van der Waals surface area contributed by atoms with Crippen molar-refractivity contribution < 1.29 is 0 Å². The fourth-order valence-electron chi connectivity index (χ4n) is 0.966. The molecule has 3 N–H and O–H groups in total. The number of aromatic nitrogens is 2. The average molecular weight is 203 g/mol. The van der Waals surface area contributed by atoms with Gasteiger partial charge in [-0.1, -0.05) is 0 Å². The van der Waals surface area contributed by atoms with E-state index in [1.54, 1.807) is 0 Å². The molecule has 0 unspecified atom stereocenters. The SMILES string of the molecule is N#CCN(CC#N)c1cncc(NN)n1. The van der Waals surface area contributed by atoms with Gasteiger partial charge in [0.15, 0.2) is 11.6 Å². The van der Waals surface area contributed by atoms with Crippen LogP contribution in [0.2, 0.25) is 0 Å². The van der Waals surface area contributed by atoms with Gasteiger partial charge in [-0.25, -0.2) is 10.8 Å². The number of rotatable bonds is 4. The first-order valence-corrected chi connectivity index (χ1v) is 4.09. The topological polar surface area (TPSA) is 115 Å². The summed E-state index contributed by atoms with van der Waals surface area (Å²) in [6.07, 6.45) is 2.91. The predicted octanol–water partition coefficient (Wildman–Crippen LogP) is -0.384. The average Bonchev–Trinajstić information content (AvgIpc) is 2.29. The van der Waals surface area contributed by atoms with Crippen molar-refractivity contribution in [2.24, 2.45) is 5.84 Å². The summed E-state index contributed by atoms with van der Waals surface area (Å²) in [4.78, 5) is 9.42. The molecule has 1 rings (SSSR count). The van der Waals surface area contributed by atoms with Crippen molar-refractivity contribution in [3.05, 3.63) is 12.4 Å². The third-order valence-electron chi connectivity index (χ3n) is 1.62. The second-order valence-electron chi connectivity index (χ2n) is 2.58. The van der Waals surface area contributed by atoms with Crippen molar-refractivity contribution >= 4 is 11.6 Å². The van der Waals surface area contributed by atoms with E-state index in [-0.39, 0.29) is 13.1 Å².